The van der Waals surface area contributed by atoms with Gasteiger partial charge in [-0.1, -0.05) is 0 Å². The first kappa shape index (κ1) is 17.1. The third-order valence-electron chi connectivity index (χ3n) is 3.51. The predicted molar refractivity (Wildman–Crippen MR) is 82.7 cm³/mol. The van der Waals surface area contributed by atoms with Gasteiger partial charge in [-0.25, -0.2) is 0 Å². The summed E-state index contributed by atoms with van der Waals surface area (Å²) in [4.78, 5) is 31.0. The van der Waals surface area contributed by atoms with Gasteiger partial charge in [-0.05, 0) is 38.0 Å². The summed E-state index contributed by atoms with van der Waals surface area (Å²) in [5.74, 6) is 0.0770. The summed E-state index contributed by atoms with van der Waals surface area (Å²) in [5, 5.41) is 0. The zero-order chi connectivity index (χ0) is 15.8. The highest BCUT2D eigenvalue weighted by Gasteiger charge is 2.16. The molecule has 1 aromatic rings. The van der Waals surface area contributed by atoms with Crippen molar-refractivity contribution in [2.75, 3.05) is 20.1 Å². The van der Waals surface area contributed by atoms with Crippen molar-refractivity contribution in [3.63, 3.8) is 0 Å². The van der Waals surface area contributed by atoms with Crippen LogP contribution in [0.15, 0.2) is 24.5 Å². The first-order chi connectivity index (χ1) is 9.91. The lowest BCUT2D eigenvalue weighted by molar-refractivity contribution is -0.133. The number of aromatic nitrogens is 1. The summed E-state index contributed by atoms with van der Waals surface area (Å²) < 4.78 is 0. The van der Waals surface area contributed by atoms with E-state index in [1.54, 1.807) is 29.2 Å². The second-order valence-corrected chi connectivity index (χ2v) is 5.48. The van der Waals surface area contributed by atoms with Gasteiger partial charge in [0.05, 0.1) is 0 Å². The Morgan fingerprint density at radius 1 is 1.19 bits per heavy atom. The maximum atomic E-state index is 12.1. The number of carbonyl (C=O) groups is 2. The quantitative estimate of drug-likeness (QED) is 0.769. The average molecular weight is 291 g/mol. The highest BCUT2D eigenvalue weighted by molar-refractivity contribution is 5.78. The lowest BCUT2D eigenvalue weighted by Gasteiger charge is -2.26. The highest BCUT2D eigenvalue weighted by atomic mass is 16.2. The Morgan fingerprint density at radius 2 is 1.81 bits per heavy atom. The van der Waals surface area contributed by atoms with Crippen LogP contribution in [0.4, 0.5) is 0 Å². The van der Waals surface area contributed by atoms with E-state index in [2.05, 4.69) is 4.98 Å². The molecule has 0 radical (unpaired) electrons. The minimum atomic E-state index is 0.0113. The van der Waals surface area contributed by atoms with Crippen LogP contribution in [0.5, 0.6) is 0 Å². The molecule has 0 aromatic carbocycles. The Bertz CT molecular complexity index is 460. The second-order valence-electron chi connectivity index (χ2n) is 5.48. The van der Waals surface area contributed by atoms with Crippen molar-refractivity contribution in [1.82, 2.24) is 14.8 Å². The SMILES string of the molecule is CC(=O)N(CCC(=O)N(C)CCc1ccncc1)C(C)C. The van der Waals surface area contributed by atoms with E-state index in [0.29, 0.717) is 19.5 Å². The molecule has 1 aromatic heterocycles. The van der Waals surface area contributed by atoms with Gasteiger partial charge in [-0.3, -0.25) is 14.6 Å². The molecule has 0 saturated heterocycles. The van der Waals surface area contributed by atoms with E-state index >= 15 is 0 Å². The number of likely N-dealkylation sites (N-methyl/N-ethyl adjacent to an activating group) is 1. The van der Waals surface area contributed by atoms with Crippen molar-refractivity contribution in [1.29, 1.82) is 0 Å². The van der Waals surface area contributed by atoms with Gasteiger partial charge in [0.1, 0.15) is 0 Å². The Hall–Kier alpha value is -1.91. The molecule has 5 nitrogen and oxygen atoms in total. The Morgan fingerprint density at radius 3 is 2.33 bits per heavy atom. The normalized spacial score (nSPS) is 10.5. The smallest absolute Gasteiger partial charge is 0.224 e. The number of nitrogens with zero attached hydrogens (tertiary/aromatic N) is 3. The summed E-state index contributed by atoms with van der Waals surface area (Å²) in [6.45, 7) is 6.60. The minimum absolute atomic E-state index is 0.0113. The molecule has 21 heavy (non-hydrogen) atoms. The largest absolute Gasteiger partial charge is 0.345 e. The third kappa shape index (κ3) is 5.94. The molecule has 0 bridgehead atoms. The summed E-state index contributed by atoms with van der Waals surface area (Å²) >= 11 is 0. The van der Waals surface area contributed by atoms with Crippen LogP contribution in [0.2, 0.25) is 0 Å². The molecule has 2 amide bonds. The van der Waals surface area contributed by atoms with E-state index in [-0.39, 0.29) is 17.9 Å². The maximum Gasteiger partial charge on any atom is 0.224 e. The van der Waals surface area contributed by atoms with Gasteiger partial charge in [-0.2, -0.15) is 0 Å². The Labute approximate surface area is 127 Å². The van der Waals surface area contributed by atoms with E-state index < -0.39 is 0 Å². The maximum absolute atomic E-state index is 12.1. The van der Waals surface area contributed by atoms with Crippen LogP contribution in [0.1, 0.15) is 32.8 Å². The van der Waals surface area contributed by atoms with Crippen molar-refractivity contribution >= 4 is 11.8 Å². The monoisotopic (exact) mass is 291 g/mol. The van der Waals surface area contributed by atoms with Gasteiger partial charge in [-0.15, -0.1) is 0 Å². The Kier molecular flexibility index (Phi) is 6.85. The lowest BCUT2D eigenvalue weighted by atomic mass is 10.2. The van der Waals surface area contributed by atoms with Crippen molar-refractivity contribution in [3.8, 4) is 0 Å². The minimum Gasteiger partial charge on any atom is -0.345 e. The lowest BCUT2D eigenvalue weighted by Crippen LogP contribution is -2.39. The zero-order valence-corrected chi connectivity index (χ0v) is 13.4. The molecule has 0 spiro atoms. The summed E-state index contributed by atoms with van der Waals surface area (Å²) in [6, 6.07) is 4.03. The fourth-order valence-corrected chi connectivity index (χ4v) is 2.16. The number of carbonyl (C=O) groups excluding carboxylic acids is 2. The first-order valence-electron chi connectivity index (χ1n) is 7.32. The highest BCUT2D eigenvalue weighted by Crippen LogP contribution is 2.04. The number of pyridine rings is 1. The standard InChI is InChI=1S/C16H25N3O2/c1-13(2)19(14(3)20)12-8-16(21)18(4)11-7-15-5-9-17-10-6-15/h5-6,9-10,13H,7-8,11-12H2,1-4H3. The average Bonchev–Trinajstić information content (AvgIpc) is 2.45. The van der Waals surface area contributed by atoms with Gasteiger partial charge >= 0.3 is 0 Å². The number of amides is 2. The molecular weight excluding hydrogens is 266 g/mol. The second kappa shape index (κ2) is 8.39. The first-order valence-corrected chi connectivity index (χ1v) is 7.32. The van der Waals surface area contributed by atoms with Crippen LogP contribution < -0.4 is 0 Å². The van der Waals surface area contributed by atoms with Crippen LogP contribution in [0.25, 0.3) is 0 Å². The van der Waals surface area contributed by atoms with Crippen molar-refractivity contribution < 1.29 is 9.59 Å². The van der Waals surface area contributed by atoms with Crippen LogP contribution in [-0.2, 0) is 16.0 Å². The fraction of sp³-hybridized carbons (Fsp3) is 0.562. The molecular formula is C16H25N3O2. The van der Waals surface area contributed by atoms with E-state index in [0.717, 1.165) is 12.0 Å². The molecule has 116 valence electrons. The number of rotatable bonds is 7. The van der Waals surface area contributed by atoms with E-state index in [4.69, 9.17) is 0 Å². The summed E-state index contributed by atoms with van der Waals surface area (Å²) in [7, 11) is 1.80. The molecule has 0 saturated carbocycles. The fourth-order valence-electron chi connectivity index (χ4n) is 2.16. The van der Waals surface area contributed by atoms with Crippen LogP contribution in [-0.4, -0.2) is 52.8 Å². The van der Waals surface area contributed by atoms with Gasteiger partial charge in [0.2, 0.25) is 11.8 Å². The van der Waals surface area contributed by atoms with Gasteiger partial charge in [0.25, 0.3) is 0 Å². The van der Waals surface area contributed by atoms with Crippen molar-refractivity contribution in [2.24, 2.45) is 0 Å². The van der Waals surface area contributed by atoms with Gasteiger partial charge < -0.3 is 9.80 Å². The van der Waals surface area contributed by atoms with Gasteiger partial charge in [0.15, 0.2) is 0 Å². The van der Waals surface area contributed by atoms with Crippen molar-refractivity contribution in [3.05, 3.63) is 30.1 Å². The van der Waals surface area contributed by atoms with Crippen LogP contribution >= 0.6 is 0 Å². The molecule has 1 rings (SSSR count). The van der Waals surface area contributed by atoms with Gasteiger partial charge in [0, 0.05) is 51.9 Å². The summed E-state index contributed by atoms with van der Waals surface area (Å²) in [5.41, 5.74) is 1.16. The molecule has 0 unspecified atom stereocenters. The van der Waals surface area contributed by atoms with E-state index in [1.807, 2.05) is 26.0 Å². The molecule has 0 aliphatic heterocycles. The molecule has 0 fully saturated rings. The zero-order valence-electron chi connectivity index (χ0n) is 13.4. The topological polar surface area (TPSA) is 53.5 Å². The molecule has 1 heterocycles. The number of hydrogen-bond acceptors (Lipinski definition) is 3. The summed E-state index contributed by atoms with van der Waals surface area (Å²) in [6.07, 6.45) is 4.69. The van der Waals surface area contributed by atoms with E-state index in [1.165, 1.54) is 6.92 Å². The predicted octanol–water partition coefficient (Wildman–Crippen LogP) is 1.73. The van der Waals surface area contributed by atoms with Crippen LogP contribution in [0.3, 0.4) is 0 Å². The molecule has 0 N–H and O–H groups in total. The third-order valence-corrected chi connectivity index (χ3v) is 3.51. The molecule has 0 aliphatic carbocycles. The van der Waals surface area contributed by atoms with E-state index in [9.17, 15) is 9.59 Å². The molecule has 5 heteroatoms. The van der Waals surface area contributed by atoms with Crippen LogP contribution in [0, 0.1) is 0 Å². The molecule has 0 aliphatic rings. The number of hydrogen-bond donors (Lipinski definition) is 0. The molecule has 0 atom stereocenters. The Balaban J connectivity index is 2.39. The van der Waals surface area contributed by atoms with Crippen molar-refractivity contribution in [2.45, 2.75) is 39.7 Å².